The van der Waals surface area contributed by atoms with Crippen molar-refractivity contribution in [3.8, 4) is 5.69 Å². The van der Waals surface area contributed by atoms with Gasteiger partial charge in [-0.25, -0.2) is 0 Å². The summed E-state index contributed by atoms with van der Waals surface area (Å²) in [6.07, 6.45) is 4.95. The molecule has 0 saturated heterocycles. The lowest BCUT2D eigenvalue weighted by atomic mass is 9.36. The maximum absolute atomic E-state index is 2.63. The quantitative estimate of drug-likeness (QED) is 0.230. The molecule has 0 unspecified atom stereocenters. The Bertz CT molecular complexity index is 1780. The van der Waals surface area contributed by atoms with Gasteiger partial charge >= 0.3 is 0 Å². The molecule has 3 heterocycles. The maximum Gasteiger partial charge on any atom is 0.247 e. The van der Waals surface area contributed by atoms with Crippen LogP contribution in [-0.2, 0) is 12.8 Å². The Labute approximate surface area is 235 Å². The van der Waals surface area contributed by atoms with Gasteiger partial charge in [0.15, 0.2) is 0 Å². The topological polar surface area (TPSA) is 4.93 Å². The Balaban J connectivity index is 1.41. The fraction of sp³-hybridized carbons (Fsp3) is 0.212. The number of para-hydroxylation sites is 1. The Morgan fingerprint density at radius 3 is 2.42 bits per heavy atom. The van der Waals surface area contributed by atoms with Crippen molar-refractivity contribution >= 4 is 70.8 Å². The number of benzene rings is 4. The van der Waals surface area contributed by atoms with E-state index in [0.717, 1.165) is 0 Å². The van der Waals surface area contributed by atoms with Crippen LogP contribution in [-0.4, -0.2) is 19.4 Å². The van der Waals surface area contributed by atoms with Gasteiger partial charge in [-0.15, -0.1) is 0 Å². The highest BCUT2D eigenvalue weighted by atomic mass is 32.2. The van der Waals surface area contributed by atoms with Gasteiger partial charge < -0.3 is 4.57 Å². The van der Waals surface area contributed by atoms with E-state index in [1.165, 1.54) is 83.9 Å². The number of rotatable bonds is 2. The third kappa shape index (κ3) is 3.34. The monoisotopic (exact) mass is 543 g/mol. The van der Waals surface area contributed by atoms with Crippen LogP contribution in [0.4, 0.5) is 0 Å². The molecule has 3 aliphatic rings. The maximum atomic E-state index is 2.63. The molecule has 0 atom stereocenters. The minimum absolute atomic E-state index is 0.294. The van der Waals surface area contributed by atoms with Gasteiger partial charge in [0.2, 0.25) is 6.71 Å². The summed E-state index contributed by atoms with van der Waals surface area (Å²) in [6.45, 7) is 7.65. The van der Waals surface area contributed by atoms with E-state index in [1.807, 2.05) is 23.5 Å². The zero-order valence-corrected chi connectivity index (χ0v) is 24.8. The minimum Gasteiger partial charge on any atom is -0.312 e. The molecule has 0 amide bonds. The van der Waals surface area contributed by atoms with E-state index in [0.29, 0.717) is 6.71 Å². The van der Waals surface area contributed by atoms with Crippen LogP contribution in [0.2, 0.25) is 19.6 Å². The van der Waals surface area contributed by atoms with Crippen LogP contribution in [0.1, 0.15) is 24.1 Å². The van der Waals surface area contributed by atoms with Crippen LogP contribution >= 0.6 is 23.5 Å². The number of hydrogen-bond donors (Lipinski definition) is 0. The molecular weight excluding hydrogens is 513 g/mol. The molecule has 0 spiro atoms. The van der Waals surface area contributed by atoms with Crippen LogP contribution < -0.4 is 21.6 Å². The Hall–Kier alpha value is -2.60. The van der Waals surface area contributed by atoms with E-state index in [9.17, 15) is 0 Å². The van der Waals surface area contributed by atoms with Crippen LogP contribution in [0.15, 0.2) is 98.4 Å². The summed E-state index contributed by atoms with van der Waals surface area (Å²) in [5.74, 6) is 0. The summed E-state index contributed by atoms with van der Waals surface area (Å²) in [6, 6.07) is 30.5. The fourth-order valence-electron chi connectivity index (χ4n) is 6.83. The van der Waals surface area contributed by atoms with E-state index in [4.69, 9.17) is 0 Å². The van der Waals surface area contributed by atoms with Gasteiger partial charge in [0.05, 0.1) is 19.3 Å². The smallest absolute Gasteiger partial charge is 0.247 e. The van der Waals surface area contributed by atoms with Crippen LogP contribution in [0.25, 0.3) is 16.6 Å². The molecule has 0 fully saturated rings. The Morgan fingerprint density at radius 1 is 0.737 bits per heavy atom. The molecule has 0 bridgehead atoms. The normalized spacial score (nSPS) is 15.6. The largest absolute Gasteiger partial charge is 0.312 e. The number of fused-ring (bicyclic) bond motifs is 7. The summed E-state index contributed by atoms with van der Waals surface area (Å²) >= 11 is 3.98. The summed E-state index contributed by atoms with van der Waals surface area (Å²) < 4.78 is 2.63. The highest BCUT2D eigenvalue weighted by molar-refractivity contribution is 8.01. The van der Waals surface area contributed by atoms with E-state index in [-0.39, 0.29) is 0 Å². The predicted molar refractivity (Wildman–Crippen MR) is 169 cm³/mol. The summed E-state index contributed by atoms with van der Waals surface area (Å²) in [5.41, 5.74) is 10.3. The number of nitrogens with zero attached hydrogens (tertiary/aromatic N) is 1. The first-order chi connectivity index (χ1) is 18.5. The fourth-order valence-corrected chi connectivity index (χ4v) is 10.6. The van der Waals surface area contributed by atoms with Gasteiger partial charge in [-0.1, -0.05) is 108 Å². The van der Waals surface area contributed by atoms with E-state index in [2.05, 4.69) is 103 Å². The second-order valence-electron chi connectivity index (χ2n) is 12.0. The van der Waals surface area contributed by atoms with Crippen molar-refractivity contribution < 1.29 is 0 Å². The summed E-state index contributed by atoms with van der Waals surface area (Å²) in [4.78, 5) is 5.74. The number of hydrogen-bond acceptors (Lipinski definition) is 2. The Kier molecular flexibility index (Phi) is 5.18. The molecule has 4 aromatic carbocycles. The average molecular weight is 544 g/mol. The lowest BCUT2D eigenvalue weighted by Gasteiger charge is -2.35. The van der Waals surface area contributed by atoms with Crippen molar-refractivity contribution in [2.75, 3.05) is 0 Å². The van der Waals surface area contributed by atoms with Crippen LogP contribution in [0.3, 0.4) is 0 Å². The lowest BCUT2D eigenvalue weighted by molar-refractivity contribution is 0.665. The molecule has 0 saturated carbocycles. The molecule has 1 aliphatic carbocycles. The molecule has 8 rings (SSSR count). The van der Waals surface area contributed by atoms with Crippen LogP contribution in [0.5, 0.6) is 0 Å². The van der Waals surface area contributed by atoms with E-state index < -0.39 is 8.07 Å². The standard InChI is InChI=1S/C33H30BNS2Si/c1-38(2,3)21-16-17-25-31(20-21)36-30-19-18-28(33-32(30)34(25)24-12-6-9-15-29(24)37-33)35-26-13-7-4-10-22(26)23-11-5-8-14-27(23)35/h4,6-7,9-10,12-13,15-20H,5,8,11,14H2,1-3H3. The zero-order valence-electron chi connectivity index (χ0n) is 22.2. The molecular formula is C33H30BNS2Si. The van der Waals surface area contributed by atoms with Gasteiger partial charge in [0.1, 0.15) is 0 Å². The van der Waals surface area contributed by atoms with Gasteiger partial charge in [-0.3, -0.25) is 0 Å². The van der Waals surface area contributed by atoms with Gasteiger partial charge in [-0.2, -0.15) is 0 Å². The Morgan fingerprint density at radius 2 is 1.53 bits per heavy atom. The second kappa shape index (κ2) is 8.45. The molecule has 1 nitrogen and oxygen atoms in total. The molecule has 5 aromatic rings. The third-order valence-corrected chi connectivity index (χ3v) is 13.1. The highest BCUT2D eigenvalue weighted by Crippen LogP contribution is 2.43. The van der Waals surface area contributed by atoms with Crippen molar-refractivity contribution in [2.45, 2.75) is 64.9 Å². The average Bonchev–Trinajstić information content (AvgIpc) is 3.26. The third-order valence-electron chi connectivity index (χ3n) is 8.70. The zero-order chi connectivity index (χ0) is 25.6. The van der Waals surface area contributed by atoms with Gasteiger partial charge in [-0.05, 0) is 67.0 Å². The van der Waals surface area contributed by atoms with Crippen molar-refractivity contribution in [1.29, 1.82) is 0 Å². The van der Waals surface area contributed by atoms with Crippen molar-refractivity contribution in [1.82, 2.24) is 4.57 Å². The molecule has 38 heavy (non-hydrogen) atoms. The first kappa shape index (κ1) is 23.3. The van der Waals surface area contributed by atoms with Crippen molar-refractivity contribution in [3.63, 3.8) is 0 Å². The SMILES string of the molecule is C[Si](C)(C)c1ccc2c(c1)Sc1ccc(-n3c4c(c5ccccc53)CCCC4)c3c1B2c1ccccc1S3. The van der Waals surface area contributed by atoms with E-state index in [1.54, 1.807) is 10.8 Å². The molecule has 2 aliphatic heterocycles. The van der Waals surface area contributed by atoms with Gasteiger partial charge in [0, 0.05) is 30.7 Å². The van der Waals surface area contributed by atoms with Crippen molar-refractivity contribution in [3.05, 3.63) is 90.1 Å². The molecule has 0 N–H and O–H groups in total. The number of aryl methyl sites for hydroxylation is 1. The van der Waals surface area contributed by atoms with Gasteiger partial charge in [0.25, 0.3) is 0 Å². The van der Waals surface area contributed by atoms with Crippen molar-refractivity contribution in [2.24, 2.45) is 0 Å². The minimum atomic E-state index is -1.39. The second-order valence-corrected chi connectivity index (χ2v) is 19.2. The molecule has 5 heteroatoms. The molecule has 1 aromatic heterocycles. The first-order valence-electron chi connectivity index (χ1n) is 13.9. The predicted octanol–water partition coefficient (Wildman–Crippen LogP) is 6.50. The highest BCUT2D eigenvalue weighted by Gasteiger charge is 2.40. The molecule has 186 valence electrons. The summed E-state index contributed by atoms with van der Waals surface area (Å²) in [7, 11) is -1.39. The summed E-state index contributed by atoms with van der Waals surface area (Å²) in [5, 5.41) is 3.00. The van der Waals surface area contributed by atoms with Crippen LogP contribution in [0, 0.1) is 0 Å². The van der Waals surface area contributed by atoms with E-state index >= 15 is 0 Å². The molecule has 0 radical (unpaired) electrons. The number of aromatic nitrogens is 1. The lowest BCUT2D eigenvalue weighted by Crippen LogP contribution is -2.58. The first-order valence-corrected chi connectivity index (χ1v) is 19.0.